The molecule has 0 aliphatic heterocycles. The number of benzene rings is 1. The summed E-state index contributed by atoms with van der Waals surface area (Å²) in [5.74, 6) is -0.0695. The molecule has 90 valence electrons. The van der Waals surface area contributed by atoms with Gasteiger partial charge in [-0.05, 0) is 18.1 Å². The molecule has 4 heteroatoms. The number of nitrogens with two attached hydrogens (primary N) is 1. The van der Waals surface area contributed by atoms with Crippen LogP contribution in [0.25, 0.3) is 10.9 Å². The zero-order chi connectivity index (χ0) is 12.4. The van der Waals surface area contributed by atoms with Gasteiger partial charge in [-0.3, -0.25) is 13.8 Å². The first-order valence-corrected chi connectivity index (χ1v) is 5.57. The first-order chi connectivity index (χ1) is 8.15. The van der Waals surface area contributed by atoms with Crippen LogP contribution in [0.2, 0.25) is 0 Å². The first kappa shape index (κ1) is 11.8. The molecular formula is C13H15FN2O. The van der Waals surface area contributed by atoms with E-state index in [0.29, 0.717) is 0 Å². The maximum atomic E-state index is 12.3. The van der Waals surface area contributed by atoms with Crippen molar-refractivity contribution in [3.8, 4) is 0 Å². The van der Waals surface area contributed by atoms with Crippen molar-refractivity contribution in [3.05, 3.63) is 36.0 Å². The Morgan fingerprint density at radius 3 is 2.82 bits per heavy atom. The average molecular weight is 234 g/mol. The maximum Gasteiger partial charge on any atom is 0.227 e. The van der Waals surface area contributed by atoms with E-state index in [1.165, 1.54) is 6.92 Å². The second kappa shape index (κ2) is 4.67. The van der Waals surface area contributed by atoms with Crippen molar-refractivity contribution >= 4 is 16.8 Å². The van der Waals surface area contributed by atoms with E-state index >= 15 is 0 Å². The number of nitrogens with zero attached hydrogens (tertiary/aromatic N) is 1. The summed E-state index contributed by atoms with van der Waals surface area (Å²) in [7, 11) is 0. The SMILES string of the molecule is CC(=O)n1cc([C@H](N)CCF)c2ccccc21. The lowest BCUT2D eigenvalue weighted by atomic mass is 10.0. The standard InChI is InChI=1S/C13H15FN2O/c1-9(17)16-8-11(12(15)6-7-14)10-4-2-3-5-13(10)16/h2-5,8,12H,6-7,15H2,1H3/t12-/m1/s1. The minimum absolute atomic E-state index is 0.0695. The smallest absolute Gasteiger partial charge is 0.227 e. The number of alkyl halides is 1. The maximum absolute atomic E-state index is 12.3. The Balaban J connectivity index is 2.60. The average Bonchev–Trinajstić information content (AvgIpc) is 2.69. The van der Waals surface area contributed by atoms with Crippen molar-refractivity contribution in [2.45, 2.75) is 19.4 Å². The summed E-state index contributed by atoms with van der Waals surface area (Å²) in [5, 5.41) is 0.920. The van der Waals surface area contributed by atoms with Crippen LogP contribution in [0, 0.1) is 0 Å². The zero-order valence-corrected chi connectivity index (χ0v) is 9.69. The Morgan fingerprint density at radius 1 is 1.47 bits per heavy atom. The molecule has 2 aromatic rings. The van der Waals surface area contributed by atoms with Gasteiger partial charge in [-0.25, -0.2) is 0 Å². The van der Waals surface area contributed by atoms with Crippen molar-refractivity contribution in [1.29, 1.82) is 0 Å². The number of hydrogen-bond donors (Lipinski definition) is 1. The summed E-state index contributed by atoms with van der Waals surface area (Å²) in [4.78, 5) is 11.5. The Hall–Kier alpha value is -1.68. The van der Waals surface area contributed by atoms with E-state index in [-0.39, 0.29) is 18.4 Å². The van der Waals surface area contributed by atoms with E-state index in [1.807, 2.05) is 24.3 Å². The summed E-state index contributed by atoms with van der Waals surface area (Å²) < 4.78 is 13.9. The number of aromatic nitrogens is 1. The monoisotopic (exact) mass is 234 g/mol. The number of rotatable bonds is 3. The molecule has 0 amide bonds. The third-order valence-electron chi connectivity index (χ3n) is 2.90. The van der Waals surface area contributed by atoms with Gasteiger partial charge in [-0.15, -0.1) is 0 Å². The van der Waals surface area contributed by atoms with Crippen LogP contribution in [0.5, 0.6) is 0 Å². The summed E-state index contributed by atoms with van der Waals surface area (Å²) in [5.41, 5.74) is 7.57. The summed E-state index contributed by atoms with van der Waals surface area (Å²) >= 11 is 0. The zero-order valence-electron chi connectivity index (χ0n) is 9.69. The Labute approximate surface area is 99.0 Å². The Bertz CT molecular complexity index is 547. The van der Waals surface area contributed by atoms with Gasteiger partial charge in [-0.1, -0.05) is 18.2 Å². The number of para-hydroxylation sites is 1. The van der Waals surface area contributed by atoms with E-state index < -0.39 is 6.67 Å². The van der Waals surface area contributed by atoms with Crippen LogP contribution in [0.4, 0.5) is 4.39 Å². The highest BCUT2D eigenvalue weighted by molar-refractivity contribution is 5.93. The van der Waals surface area contributed by atoms with Gasteiger partial charge in [0, 0.05) is 24.5 Å². The number of halogens is 1. The van der Waals surface area contributed by atoms with Gasteiger partial charge in [0.05, 0.1) is 12.2 Å². The van der Waals surface area contributed by atoms with Crippen molar-refractivity contribution < 1.29 is 9.18 Å². The number of hydrogen-bond acceptors (Lipinski definition) is 2. The quantitative estimate of drug-likeness (QED) is 0.887. The lowest BCUT2D eigenvalue weighted by Gasteiger charge is -2.07. The minimum Gasteiger partial charge on any atom is -0.324 e. The molecule has 0 saturated heterocycles. The molecule has 0 bridgehead atoms. The van der Waals surface area contributed by atoms with Crippen LogP contribution in [0.3, 0.4) is 0 Å². The molecule has 3 nitrogen and oxygen atoms in total. The number of carbonyl (C=O) groups excluding carboxylic acids is 1. The Kier molecular flexibility index (Phi) is 3.24. The molecule has 0 spiro atoms. The van der Waals surface area contributed by atoms with Crippen LogP contribution < -0.4 is 5.73 Å². The lowest BCUT2D eigenvalue weighted by molar-refractivity contribution is 0.0941. The molecule has 0 aliphatic carbocycles. The lowest BCUT2D eigenvalue weighted by Crippen LogP contribution is -2.11. The van der Waals surface area contributed by atoms with Crippen LogP contribution in [-0.2, 0) is 0 Å². The number of fused-ring (bicyclic) bond motifs is 1. The molecule has 0 fully saturated rings. The predicted octanol–water partition coefficient (Wildman–Crippen LogP) is 2.66. The number of carbonyl (C=O) groups is 1. The van der Waals surface area contributed by atoms with E-state index in [2.05, 4.69) is 0 Å². The highest BCUT2D eigenvalue weighted by atomic mass is 19.1. The molecule has 0 saturated carbocycles. The molecule has 17 heavy (non-hydrogen) atoms. The van der Waals surface area contributed by atoms with Gasteiger partial charge < -0.3 is 5.73 Å². The highest BCUT2D eigenvalue weighted by Crippen LogP contribution is 2.27. The Morgan fingerprint density at radius 2 is 2.18 bits per heavy atom. The van der Waals surface area contributed by atoms with Gasteiger partial charge in [-0.2, -0.15) is 0 Å². The molecule has 1 atom stereocenters. The van der Waals surface area contributed by atoms with Crippen molar-refractivity contribution in [3.63, 3.8) is 0 Å². The molecule has 1 aromatic carbocycles. The van der Waals surface area contributed by atoms with E-state index in [1.54, 1.807) is 10.8 Å². The van der Waals surface area contributed by atoms with Crippen molar-refractivity contribution in [2.24, 2.45) is 5.73 Å². The molecule has 0 radical (unpaired) electrons. The van der Waals surface area contributed by atoms with E-state index in [4.69, 9.17) is 5.73 Å². The van der Waals surface area contributed by atoms with E-state index in [9.17, 15) is 9.18 Å². The van der Waals surface area contributed by atoms with Gasteiger partial charge in [0.1, 0.15) is 0 Å². The second-order valence-electron chi connectivity index (χ2n) is 4.07. The summed E-state index contributed by atoms with van der Waals surface area (Å²) in [6.07, 6.45) is 1.99. The molecule has 0 unspecified atom stereocenters. The molecule has 0 aliphatic rings. The normalized spacial score (nSPS) is 12.9. The molecule has 1 heterocycles. The minimum atomic E-state index is -0.458. The highest BCUT2D eigenvalue weighted by Gasteiger charge is 2.15. The topological polar surface area (TPSA) is 48.0 Å². The third kappa shape index (κ3) is 2.08. The fourth-order valence-electron chi connectivity index (χ4n) is 2.04. The van der Waals surface area contributed by atoms with Crippen LogP contribution >= 0.6 is 0 Å². The van der Waals surface area contributed by atoms with Crippen LogP contribution in [0.15, 0.2) is 30.5 Å². The van der Waals surface area contributed by atoms with Crippen LogP contribution in [-0.4, -0.2) is 17.1 Å². The molecule has 1 aromatic heterocycles. The largest absolute Gasteiger partial charge is 0.324 e. The van der Waals surface area contributed by atoms with Gasteiger partial charge in [0.15, 0.2) is 0 Å². The van der Waals surface area contributed by atoms with Crippen molar-refractivity contribution in [2.75, 3.05) is 6.67 Å². The first-order valence-electron chi connectivity index (χ1n) is 5.57. The molecular weight excluding hydrogens is 219 g/mol. The van der Waals surface area contributed by atoms with E-state index in [0.717, 1.165) is 16.5 Å². The molecule has 2 rings (SSSR count). The molecule has 2 N–H and O–H groups in total. The fraction of sp³-hybridized carbons (Fsp3) is 0.308. The fourth-order valence-corrected chi connectivity index (χ4v) is 2.04. The van der Waals surface area contributed by atoms with Gasteiger partial charge >= 0.3 is 0 Å². The second-order valence-corrected chi connectivity index (χ2v) is 4.07. The van der Waals surface area contributed by atoms with Crippen LogP contribution in [0.1, 0.15) is 29.7 Å². The van der Waals surface area contributed by atoms with Gasteiger partial charge in [0.25, 0.3) is 0 Å². The van der Waals surface area contributed by atoms with Gasteiger partial charge in [0.2, 0.25) is 5.91 Å². The third-order valence-corrected chi connectivity index (χ3v) is 2.90. The summed E-state index contributed by atoms with van der Waals surface area (Å²) in [6.45, 7) is 1.04. The predicted molar refractivity (Wildman–Crippen MR) is 65.8 cm³/mol. The van der Waals surface area contributed by atoms with Crippen molar-refractivity contribution in [1.82, 2.24) is 4.57 Å². The summed E-state index contributed by atoms with van der Waals surface area (Å²) in [6, 6.07) is 7.15.